The molecule has 2 aromatic rings. The Morgan fingerprint density at radius 1 is 1.21 bits per heavy atom. The molecule has 102 valence electrons. The topological polar surface area (TPSA) is 56.5 Å². The standard InChI is InChI=1S/C13H15FN2O2S/c1-17-10-4-3-8(7-9(10)14)12(16-15)13-11(18-2)5-6-19-13/h3-7,12,16H,15H2,1-2H3. The number of rotatable bonds is 5. The summed E-state index contributed by atoms with van der Waals surface area (Å²) in [5.74, 6) is 6.10. The number of nitrogens with one attached hydrogen (secondary N) is 1. The third-order valence-corrected chi connectivity index (χ3v) is 3.78. The second kappa shape index (κ2) is 6.01. The smallest absolute Gasteiger partial charge is 0.165 e. The summed E-state index contributed by atoms with van der Waals surface area (Å²) in [5, 5.41) is 1.90. The Hall–Kier alpha value is -1.63. The molecule has 0 aliphatic rings. The fourth-order valence-corrected chi connectivity index (χ4v) is 2.82. The Balaban J connectivity index is 2.40. The molecular formula is C13H15FN2O2S. The van der Waals surface area contributed by atoms with Gasteiger partial charge in [-0.2, -0.15) is 0 Å². The normalized spacial score (nSPS) is 12.2. The maximum absolute atomic E-state index is 13.7. The molecule has 1 aromatic carbocycles. The molecular weight excluding hydrogens is 267 g/mol. The minimum Gasteiger partial charge on any atom is -0.496 e. The van der Waals surface area contributed by atoms with Gasteiger partial charge in [-0.25, -0.2) is 9.82 Å². The minimum atomic E-state index is -0.421. The highest BCUT2D eigenvalue weighted by molar-refractivity contribution is 7.10. The van der Waals surface area contributed by atoms with Crippen LogP contribution in [-0.4, -0.2) is 14.2 Å². The summed E-state index contributed by atoms with van der Waals surface area (Å²) in [5.41, 5.74) is 3.39. The Kier molecular flexibility index (Phi) is 4.36. The van der Waals surface area contributed by atoms with Gasteiger partial charge in [0.25, 0.3) is 0 Å². The van der Waals surface area contributed by atoms with Gasteiger partial charge in [0.05, 0.1) is 25.1 Å². The van der Waals surface area contributed by atoms with Crippen molar-refractivity contribution in [2.75, 3.05) is 14.2 Å². The van der Waals surface area contributed by atoms with Crippen LogP contribution in [0.4, 0.5) is 4.39 Å². The molecule has 0 saturated heterocycles. The van der Waals surface area contributed by atoms with Gasteiger partial charge in [-0.1, -0.05) is 6.07 Å². The quantitative estimate of drug-likeness (QED) is 0.653. The van der Waals surface area contributed by atoms with Crippen molar-refractivity contribution >= 4 is 11.3 Å². The molecule has 0 bridgehead atoms. The predicted octanol–water partition coefficient (Wildman–Crippen LogP) is 2.46. The Morgan fingerprint density at radius 2 is 1.95 bits per heavy atom. The van der Waals surface area contributed by atoms with E-state index in [9.17, 15) is 4.39 Å². The van der Waals surface area contributed by atoms with Crippen LogP contribution in [0.15, 0.2) is 29.6 Å². The maximum Gasteiger partial charge on any atom is 0.165 e. The predicted molar refractivity (Wildman–Crippen MR) is 73.0 cm³/mol. The molecule has 0 aliphatic carbocycles. The lowest BCUT2D eigenvalue weighted by atomic mass is 10.1. The van der Waals surface area contributed by atoms with Crippen molar-refractivity contribution in [2.45, 2.75) is 6.04 Å². The van der Waals surface area contributed by atoms with Gasteiger partial charge in [-0.3, -0.25) is 5.84 Å². The SMILES string of the molecule is COc1ccc(C(NN)c2sccc2OC)cc1F. The molecule has 0 aliphatic heterocycles. The minimum absolute atomic E-state index is 0.206. The highest BCUT2D eigenvalue weighted by Gasteiger charge is 2.19. The van der Waals surface area contributed by atoms with Crippen LogP contribution in [0.1, 0.15) is 16.5 Å². The molecule has 1 unspecified atom stereocenters. The Morgan fingerprint density at radius 3 is 2.53 bits per heavy atom. The van der Waals surface area contributed by atoms with Crippen molar-refractivity contribution in [3.8, 4) is 11.5 Å². The van der Waals surface area contributed by atoms with Crippen molar-refractivity contribution in [3.63, 3.8) is 0 Å². The fraction of sp³-hybridized carbons (Fsp3) is 0.231. The highest BCUT2D eigenvalue weighted by Crippen LogP contribution is 2.35. The van der Waals surface area contributed by atoms with E-state index in [0.29, 0.717) is 5.56 Å². The number of hydrogen-bond acceptors (Lipinski definition) is 5. The van der Waals surface area contributed by atoms with Gasteiger partial charge >= 0.3 is 0 Å². The number of hydrogen-bond donors (Lipinski definition) is 2. The zero-order chi connectivity index (χ0) is 13.8. The highest BCUT2D eigenvalue weighted by atomic mass is 32.1. The first kappa shape index (κ1) is 13.8. The number of ether oxygens (including phenoxy) is 2. The number of methoxy groups -OCH3 is 2. The van der Waals surface area contributed by atoms with Crippen molar-refractivity contribution in [2.24, 2.45) is 5.84 Å². The van der Waals surface area contributed by atoms with E-state index in [-0.39, 0.29) is 11.8 Å². The second-order valence-electron chi connectivity index (χ2n) is 3.85. The molecule has 2 rings (SSSR count). The van der Waals surface area contributed by atoms with E-state index in [1.165, 1.54) is 24.5 Å². The number of hydrazine groups is 1. The summed E-state index contributed by atoms with van der Waals surface area (Å²) in [4.78, 5) is 0.898. The average molecular weight is 282 g/mol. The summed E-state index contributed by atoms with van der Waals surface area (Å²) in [7, 11) is 3.02. The summed E-state index contributed by atoms with van der Waals surface area (Å²) < 4.78 is 23.9. The average Bonchev–Trinajstić information content (AvgIpc) is 2.88. The van der Waals surface area contributed by atoms with E-state index in [1.807, 2.05) is 11.4 Å². The molecule has 19 heavy (non-hydrogen) atoms. The summed E-state index contributed by atoms with van der Waals surface area (Å²) in [6, 6.07) is 6.28. The zero-order valence-corrected chi connectivity index (χ0v) is 11.5. The number of thiophene rings is 1. The third kappa shape index (κ3) is 2.70. The number of nitrogens with two attached hydrogens (primary N) is 1. The lowest BCUT2D eigenvalue weighted by Crippen LogP contribution is -2.28. The number of halogens is 1. The molecule has 1 aromatic heterocycles. The maximum atomic E-state index is 13.7. The van der Waals surface area contributed by atoms with Crippen LogP contribution < -0.4 is 20.7 Å². The summed E-state index contributed by atoms with van der Waals surface area (Å²) in [6.07, 6.45) is 0. The van der Waals surface area contributed by atoms with Gasteiger partial charge in [-0.15, -0.1) is 11.3 Å². The lowest BCUT2D eigenvalue weighted by Gasteiger charge is -2.17. The van der Waals surface area contributed by atoms with Crippen LogP contribution in [0.2, 0.25) is 0 Å². The van der Waals surface area contributed by atoms with Gasteiger partial charge < -0.3 is 9.47 Å². The van der Waals surface area contributed by atoms with Crippen molar-refractivity contribution < 1.29 is 13.9 Å². The van der Waals surface area contributed by atoms with E-state index in [4.69, 9.17) is 15.3 Å². The van der Waals surface area contributed by atoms with Gasteiger partial charge in [0.1, 0.15) is 5.75 Å². The van der Waals surface area contributed by atoms with E-state index in [0.717, 1.165) is 10.6 Å². The lowest BCUT2D eigenvalue weighted by molar-refractivity contribution is 0.385. The van der Waals surface area contributed by atoms with Crippen molar-refractivity contribution in [1.82, 2.24) is 5.43 Å². The van der Waals surface area contributed by atoms with Crippen LogP contribution in [0.3, 0.4) is 0 Å². The first-order valence-corrected chi connectivity index (χ1v) is 6.50. The number of benzene rings is 1. The van der Waals surface area contributed by atoms with E-state index in [1.54, 1.807) is 19.2 Å². The first-order valence-electron chi connectivity index (χ1n) is 5.62. The molecule has 0 amide bonds. The zero-order valence-electron chi connectivity index (χ0n) is 10.6. The summed E-state index contributed by atoms with van der Waals surface area (Å²) in [6.45, 7) is 0. The van der Waals surface area contributed by atoms with Crippen LogP contribution in [0.5, 0.6) is 11.5 Å². The Bertz CT molecular complexity index is 559. The molecule has 0 spiro atoms. The van der Waals surface area contributed by atoms with Crippen molar-refractivity contribution in [1.29, 1.82) is 0 Å². The van der Waals surface area contributed by atoms with E-state index in [2.05, 4.69) is 5.43 Å². The molecule has 0 radical (unpaired) electrons. The molecule has 3 N–H and O–H groups in total. The first-order chi connectivity index (χ1) is 9.21. The van der Waals surface area contributed by atoms with Crippen LogP contribution in [0, 0.1) is 5.82 Å². The fourth-order valence-electron chi connectivity index (χ4n) is 1.87. The monoisotopic (exact) mass is 282 g/mol. The van der Waals surface area contributed by atoms with Gasteiger partial charge in [0, 0.05) is 0 Å². The second-order valence-corrected chi connectivity index (χ2v) is 4.79. The largest absolute Gasteiger partial charge is 0.496 e. The van der Waals surface area contributed by atoms with Gasteiger partial charge in [0.15, 0.2) is 11.6 Å². The molecule has 0 saturated carbocycles. The van der Waals surface area contributed by atoms with E-state index < -0.39 is 5.82 Å². The van der Waals surface area contributed by atoms with E-state index >= 15 is 0 Å². The van der Waals surface area contributed by atoms with Crippen molar-refractivity contribution in [3.05, 3.63) is 45.9 Å². The van der Waals surface area contributed by atoms with Gasteiger partial charge in [0.2, 0.25) is 0 Å². The molecule has 1 heterocycles. The van der Waals surface area contributed by atoms with Crippen LogP contribution in [0.25, 0.3) is 0 Å². The molecule has 4 nitrogen and oxygen atoms in total. The molecule has 0 fully saturated rings. The Labute approximate surface area is 114 Å². The molecule has 1 atom stereocenters. The van der Waals surface area contributed by atoms with Crippen LogP contribution >= 0.6 is 11.3 Å². The third-order valence-electron chi connectivity index (χ3n) is 2.82. The molecule has 6 heteroatoms. The van der Waals surface area contributed by atoms with Gasteiger partial charge in [-0.05, 0) is 29.1 Å². The summed E-state index contributed by atoms with van der Waals surface area (Å²) >= 11 is 1.50. The van der Waals surface area contributed by atoms with Crippen LogP contribution in [-0.2, 0) is 0 Å².